The molecule has 5 heteroatoms. The third-order valence-electron chi connectivity index (χ3n) is 1.80. The van der Waals surface area contributed by atoms with Crippen LogP contribution in [0, 0.1) is 0 Å². The van der Waals surface area contributed by atoms with Crippen molar-refractivity contribution in [1.29, 1.82) is 0 Å². The van der Waals surface area contributed by atoms with E-state index in [0.29, 0.717) is 9.51 Å². The topological polar surface area (TPSA) is 26.3 Å². The second-order valence-electron chi connectivity index (χ2n) is 3.21. The predicted octanol–water partition coefficient (Wildman–Crippen LogP) is 4.68. The molecule has 0 fully saturated rings. The standard InChI is InChI=1S/C12H12BrClO2S/c1-2-7-17-16-12(15)10(13)8-9-5-3-4-6-11(9)14/h3-6,8H,2,7H2,1H3. The molecule has 0 amide bonds. The molecule has 0 bridgehead atoms. The Hall–Kier alpha value is -0.450. The van der Waals surface area contributed by atoms with E-state index in [9.17, 15) is 4.79 Å². The second-order valence-corrected chi connectivity index (χ2v) is 5.28. The second kappa shape index (κ2) is 7.80. The molecule has 92 valence electrons. The van der Waals surface area contributed by atoms with E-state index in [1.165, 1.54) is 0 Å². The van der Waals surface area contributed by atoms with E-state index in [1.807, 2.05) is 25.1 Å². The minimum atomic E-state index is -0.400. The first-order valence-corrected chi connectivity index (χ1v) is 7.19. The summed E-state index contributed by atoms with van der Waals surface area (Å²) in [5.41, 5.74) is 0.776. The van der Waals surface area contributed by atoms with Crippen molar-refractivity contribution in [2.24, 2.45) is 0 Å². The fourth-order valence-electron chi connectivity index (χ4n) is 1.01. The molecule has 17 heavy (non-hydrogen) atoms. The summed E-state index contributed by atoms with van der Waals surface area (Å²) in [6, 6.07) is 7.29. The zero-order valence-electron chi connectivity index (χ0n) is 9.28. The summed E-state index contributed by atoms with van der Waals surface area (Å²) in [6.45, 7) is 2.02. The zero-order valence-corrected chi connectivity index (χ0v) is 12.4. The van der Waals surface area contributed by atoms with Crippen LogP contribution in [0.1, 0.15) is 18.9 Å². The fourth-order valence-corrected chi connectivity index (χ4v) is 2.08. The SMILES string of the molecule is CCCSOC(=O)C(Br)=Cc1ccccc1Cl. The Morgan fingerprint density at radius 3 is 2.88 bits per heavy atom. The maximum Gasteiger partial charge on any atom is 0.357 e. The molecule has 0 aliphatic heterocycles. The van der Waals surface area contributed by atoms with Crippen LogP contribution in [0.2, 0.25) is 5.02 Å². The number of rotatable bonds is 5. The highest BCUT2D eigenvalue weighted by Crippen LogP contribution is 2.22. The molecule has 0 unspecified atom stereocenters. The van der Waals surface area contributed by atoms with Crippen molar-refractivity contribution in [3.63, 3.8) is 0 Å². The molecule has 0 heterocycles. The maximum atomic E-state index is 11.5. The zero-order chi connectivity index (χ0) is 12.7. The van der Waals surface area contributed by atoms with Crippen molar-refractivity contribution in [3.05, 3.63) is 39.3 Å². The Bertz CT molecular complexity index is 421. The summed E-state index contributed by atoms with van der Waals surface area (Å²) in [7, 11) is 0. The molecule has 0 N–H and O–H groups in total. The van der Waals surface area contributed by atoms with Crippen molar-refractivity contribution in [2.45, 2.75) is 13.3 Å². The molecule has 1 aromatic carbocycles. The Kier molecular flexibility index (Phi) is 6.70. The Morgan fingerprint density at radius 2 is 2.24 bits per heavy atom. The van der Waals surface area contributed by atoms with Crippen LogP contribution in [0.15, 0.2) is 28.7 Å². The molecule has 1 rings (SSSR count). The van der Waals surface area contributed by atoms with E-state index in [1.54, 1.807) is 12.1 Å². The highest BCUT2D eigenvalue weighted by molar-refractivity contribution is 9.12. The van der Waals surface area contributed by atoms with Crippen LogP contribution in [0.25, 0.3) is 6.08 Å². The van der Waals surface area contributed by atoms with Gasteiger partial charge in [0.15, 0.2) is 0 Å². The molecule has 0 aliphatic carbocycles. The highest BCUT2D eigenvalue weighted by atomic mass is 79.9. The summed E-state index contributed by atoms with van der Waals surface area (Å²) in [6.07, 6.45) is 2.61. The van der Waals surface area contributed by atoms with E-state index in [-0.39, 0.29) is 0 Å². The Labute approximate surface area is 119 Å². The van der Waals surface area contributed by atoms with Gasteiger partial charge in [-0.25, -0.2) is 4.79 Å². The monoisotopic (exact) mass is 334 g/mol. The van der Waals surface area contributed by atoms with Gasteiger partial charge in [-0.3, -0.25) is 0 Å². The molecule has 0 radical (unpaired) electrons. The number of benzene rings is 1. The van der Waals surface area contributed by atoms with Crippen molar-refractivity contribution in [2.75, 3.05) is 5.75 Å². The number of hydrogen-bond acceptors (Lipinski definition) is 3. The summed E-state index contributed by atoms with van der Waals surface area (Å²) in [4.78, 5) is 11.5. The third-order valence-corrected chi connectivity index (χ3v) is 3.55. The molecule has 0 atom stereocenters. The van der Waals surface area contributed by atoms with Gasteiger partial charge in [-0.15, -0.1) is 0 Å². The molecule has 0 saturated carbocycles. The van der Waals surface area contributed by atoms with E-state index >= 15 is 0 Å². The quantitative estimate of drug-likeness (QED) is 0.444. The summed E-state index contributed by atoms with van der Waals surface area (Å²) >= 11 is 10.3. The lowest BCUT2D eigenvalue weighted by Crippen LogP contribution is -1.98. The van der Waals surface area contributed by atoms with Crippen molar-refractivity contribution in [3.8, 4) is 0 Å². The first-order chi connectivity index (χ1) is 8.15. The van der Waals surface area contributed by atoms with Crippen LogP contribution in [0.3, 0.4) is 0 Å². The van der Waals surface area contributed by atoms with Crippen LogP contribution >= 0.6 is 39.6 Å². The van der Waals surface area contributed by atoms with Crippen molar-refractivity contribution < 1.29 is 8.98 Å². The first kappa shape index (κ1) is 14.6. The van der Waals surface area contributed by atoms with E-state index < -0.39 is 5.97 Å². The van der Waals surface area contributed by atoms with Crippen molar-refractivity contribution in [1.82, 2.24) is 0 Å². The van der Waals surface area contributed by atoms with Gasteiger partial charge in [0.25, 0.3) is 0 Å². The normalized spacial score (nSPS) is 11.4. The average Bonchev–Trinajstić information content (AvgIpc) is 2.32. The van der Waals surface area contributed by atoms with Crippen LogP contribution in [0.5, 0.6) is 0 Å². The van der Waals surface area contributed by atoms with Crippen LogP contribution in [0.4, 0.5) is 0 Å². The lowest BCUT2D eigenvalue weighted by Gasteiger charge is -2.01. The largest absolute Gasteiger partial charge is 0.387 e. The van der Waals surface area contributed by atoms with Gasteiger partial charge in [-0.2, -0.15) is 0 Å². The molecule has 0 spiro atoms. The lowest BCUT2D eigenvalue weighted by atomic mass is 10.2. The minimum absolute atomic E-state index is 0.356. The molecule has 0 aliphatic rings. The van der Waals surface area contributed by atoms with Gasteiger partial charge in [-0.05, 0) is 40.1 Å². The fraction of sp³-hybridized carbons (Fsp3) is 0.250. The smallest absolute Gasteiger partial charge is 0.357 e. The van der Waals surface area contributed by atoms with Crippen LogP contribution < -0.4 is 0 Å². The van der Waals surface area contributed by atoms with Crippen molar-refractivity contribution >= 4 is 51.6 Å². The third kappa shape index (κ3) is 5.15. The number of carbonyl (C=O) groups excluding carboxylic acids is 1. The van der Waals surface area contributed by atoms with E-state index in [2.05, 4.69) is 15.9 Å². The molecule has 1 aromatic rings. The van der Waals surface area contributed by atoms with Gasteiger partial charge >= 0.3 is 5.97 Å². The van der Waals surface area contributed by atoms with Crippen LogP contribution in [-0.4, -0.2) is 11.7 Å². The molecular weight excluding hydrogens is 324 g/mol. The Morgan fingerprint density at radius 1 is 1.53 bits per heavy atom. The van der Waals surface area contributed by atoms with Gasteiger partial charge in [-0.1, -0.05) is 36.7 Å². The number of hydrogen-bond donors (Lipinski definition) is 0. The molecule has 2 nitrogen and oxygen atoms in total. The van der Waals surface area contributed by atoms with E-state index in [4.69, 9.17) is 15.8 Å². The summed E-state index contributed by atoms with van der Waals surface area (Å²) in [5, 5.41) is 0.596. The summed E-state index contributed by atoms with van der Waals surface area (Å²) < 4.78 is 5.33. The van der Waals surface area contributed by atoms with Gasteiger partial charge < -0.3 is 4.18 Å². The summed E-state index contributed by atoms with van der Waals surface area (Å²) in [5.74, 6) is 0.390. The maximum absolute atomic E-state index is 11.5. The lowest BCUT2D eigenvalue weighted by molar-refractivity contribution is -0.127. The van der Waals surface area contributed by atoms with Gasteiger partial charge in [0.05, 0.1) is 12.0 Å². The van der Waals surface area contributed by atoms with Gasteiger partial charge in [0.1, 0.15) is 4.48 Å². The van der Waals surface area contributed by atoms with Crippen LogP contribution in [-0.2, 0) is 8.98 Å². The average molecular weight is 336 g/mol. The molecular formula is C12H12BrClO2S. The minimum Gasteiger partial charge on any atom is -0.387 e. The van der Waals surface area contributed by atoms with Gasteiger partial charge in [0, 0.05) is 10.8 Å². The first-order valence-electron chi connectivity index (χ1n) is 5.10. The molecule has 0 aromatic heterocycles. The molecule has 0 saturated heterocycles. The van der Waals surface area contributed by atoms with E-state index in [0.717, 1.165) is 29.8 Å². The number of halogens is 2. The highest BCUT2D eigenvalue weighted by Gasteiger charge is 2.09. The number of carbonyl (C=O) groups is 1. The van der Waals surface area contributed by atoms with Gasteiger partial charge in [0.2, 0.25) is 0 Å². The Balaban J connectivity index is 2.66. The predicted molar refractivity (Wildman–Crippen MR) is 77.2 cm³/mol.